The van der Waals surface area contributed by atoms with Crippen LogP contribution >= 0.6 is 0 Å². The second kappa shape index (κ2) is 8.22. The van der Waals surface area contributed by atoms with Crippen molar-refractivity contribution < 1.29 is 14.0 Å². The van der Waals surface area contributed by atoms with E-state index >= 15 is 0 Å². The van der Waals surface area contributed by atoms with Crippen LogP contribution in [0.2, 0.25) is 0 Å². The molecular formula is C23H22FN3O2. The average Bonchev–Trinajstić information content (AvgIpc) is 2.68. The number of pyridine rings is 1. The van der Waals surface area contributed by atoms with E-state index in [0.29, 0.717) is 11.4 Å². The summed E-state index contributed by atoms with van der Waals surface area (Å²) < 4.78 is 13.3. The molecule has 2 N–H and O–H groups in total. The second-order valence-corrected chi connectivity index (χ2v) is 7.68. The maximum absolute atomic E-state index is 13.3. The minimum atomic E-state index is -0.457. The Bertz CT molecular complexity index is 1040. The number of benzene rings is 2. The number of anilines is 2. The van der Waals surface area contributed by atoms with Crippen LogP contribution in [-0.2, 0) is 5.41 Å². The zero-order valence-corrected chi connectivity index (χ0v) is 16.5. The molecule has 6 heteroatoms. The maximum Gasteiger partial charge on any atom is 0.274 e. The molecule has 1 heterocycles. The summed E-state index contributed by atoms with van der Waals surface area (Å²) in [7, 11) is 0. The molecule has 2 aromatic carbocycles. The third kappa shape index (κ3) is 5.25. The first kappa shape index (κ1) is 20.2. The summed E-state index contributed by atoms with van der Waals surface area (Å²) in [6, 6.07) is 16.1. The molecule has 0 bridgehead atoms. The third-order valence-electron chi connectivity index (χ3n) is 4.35. The highest BCUT2D eigenvalue weighted by Crippen LogP contribution is 2.23. The summed E-state index contributed by atoms with van der Waals surface area (Å²) in [6.45, 7) is 6.35. The van der Waals surface area contributed by atoms with Crippen molar-refractivity contribution in [3.63, 3.8) is 0 Å². The van der Waals surface area contributed by atoms with Crippen molar-refractivity contribution in [1.29, 1.82) is 0 Å². The van der Waals surface area contributed by atoms with Crippen LogP contribution in [0, 0.1) is 5.82 Å². The predicted molar refractivity (Wildman–Crippen MR) is 112 cm³/mol. The fraction of sp³-hybridized carbons (Fsp3) is 0.174. The lowest BCUT2D eigenvalue weighted by atomic mass is 9.87. The monoisotopic (exact) mass is 391 g/mol. The lowest BCUT2D eigenvalue weighted by molar-refractivity contribution is 0.102. The van der Waals surface area contributed by atoms with Gasteiger partial charge in [-0.3, -0.25) is 14.6 Å². The van der Waals surface area contributed by atoms with E-state index in [-0.39, 0.29) is 16.7 Å². The number of nitrogens with zero attached hydrogens (tertiary/aromatic N) is 1. The zero-order valence-electron chi connectivity index (χ0n) is 16.5. The molecule has 0 radical (unpaired) electrons. The van der Waals surface area contributed by atoms with Crippen LogP contribution in [-0.4, -0.2) is 16.8 Å². The topological polar surface area (TPSA) is 71.1 Å². The van der Waals surface area contributed by atoms with Crippen molar-refractivity contribution in [3.8, 4) is 0 Å². The first-order valence-electron chi connectivity index (χ1n) is 9.17. The van der Waals surface area contributed by atoms with Crippen molar-refractivity contribution in [2.45, 2.75) is 26.2 Å². The molecule has 1 aromatic heterocycles. The molecule has 0 aliphatic heterocycles. The normalized spacial score (nSPS) is 11.0. The van der Waals surface area contributed by atoms with Crippen molar-refractivity contribution in [2.75, 3.05) is 10.6 Å². The average molecular weight is 391 g/mol. The van der Waals surface area contributed by atoms with Crippen LogP contribution in [0.15, 0.2) is 66.9 Å². The van der Waals surface area contributed by atoms with Crippen LogP contribution in [0.4, 0.5) is 15.8 Å². The number of hydrogen-bond donors (Lipinski definition) is 2. The van der Waals surface area contributed by atoms with Gasteiger partial charge in [-0.05, 0) is 53.4 Å². The fourth-order valence-electron chi connectivity index (χ4n) is 2.71. The Hall–Kier alpha value is -3.54. The smallest absolute Gasteiger partial charge is 0.274 e. The lowest BCUT2D eigenvalue weighted by Gasteiger charge is -2.19. The van der Waals surface area contributed by atoms with Gasteiger partial charge >= 0.3 is 0 Å². The van der Waals surface area contributed by atoms with Crippen LogP contribution in [0.1, 0.15) is 47.2 Å². The van der Waals surface area contributed by atoms with E-state index in [9.17, 15) is 14.0 Å². The van der Waals surface area contributed by atoms with Crippen molar-refractivity contribution in [3.05, 3.63) is 89.5 Å². The number of rotatable bonds is 4. The lowest BCUT2D eigenvalue weighted by Crippen LogP contribution is -2.17. The number of carbonyl (C=O) groups excluding carboxylic acids is 2. The van der Waals surface area contributed by atoms with Crippen molar-refractivity contribution >= 4 is 23.2 Å². The molecule has 148 valence electrons. The molecule has 0 saturated heterocycles. The minimum Gasteiger partial charge on any atom is -0.322 e. The number of amides is 2. The Kier molecular flexibility index (Phi) is 5.73. The molecule has 3 aromatic rings. The molecule has 0 aliphatic rings. The first-order chi connectivity index (χ1) is 13.7. The molecule has 0 fully saturated rings. The first-order valence-corrected chi connectivity index (χ1v) is 9.17. The molecule has 0 saturated carbocycles. The summed E-state index contributed by atoms with van der Waals surface area (Å²) >= 11 is 0. The standard InChI is InChI=1S/C23H22FN3O2/c1-23(2,3)16-7-9-18(10-8-16)26-22(29)20-13-15(11-12-25-20)21(28)27-19-6-4-5-17(24)14-19/h4-14H,1-3H3,(H,26,29)(H,27,28). The van der Waals surface area contributed by atoms with Gasteiger partial charge in [0.15, 0.2) is 0 Å². The van der Waals surface area contributed by atoms with E-state index in [1.165, 1.54) is 36.5 Å². The highest BCUT2D eigenvalue weighted by Gasteiger charge is 2.15. The number of hydrogen-bond acceptors (Lipinski definition) is 3. The molecule has 0 unspecified atom stereocenters. The van der Waals surface area contributed by atoms with Crippen LogP contribution in [0.5, 0.6) is 0 Å². The van der Waals surface area contributed by atoms with E-state index < -0.39 is 17.6 Å². The molecular weight excluding hydrogens is 369 g/mol. The largest absolute Gasteiger partial charge is 0.322 e. The van der Waals surface area contributed by atoms with Crippen LogP contribution in [0.3, 0.4) is 0 Å². The summed E-state index contributed by atoms with van der Waals surface area (Å²) in [4.78, 5) is 29.0. The van der Waals surface area contributed by atoms with Gasteiger partial charge in [0, 0.05) is 23.1 Å². The van der Waals surface area contributed by atoms with Crippen molar-refractivity contribution in [2.24, 2.45) is 0 Å². The summed E-state index contributed by atoms with van der Waals surface area (Å²) in [5, 5.41) is 5.37. The van der Waals surface area contributed by atoms with Gasteiger partial charge in [0.2, 0.25) is 0 Å². The van der Waals surface area contributed by atoms with Crippen molar-refractivity contribution in [1.82, 2.24) is 4.98 Å². The number of nitrogens with one attached hydrogen (secondary N) is 2. The Morgan fingerprint density at radius 1 is 0.862 bits per heavy atom. The molecule has 5 nitrogen and oxygen atoms in total. The summed E-state index contributed by atoms with van der Waals surface area (Å²) in [5.41, 5.74) is 2.50. The number of aromatic nitrogens is 1. The van der Waals surface area contributed by atoms with Crippen LogP contribution in [0.25, 0.3) is 0 Å². The second-order valence-electron chi connectivity index (χ2n) is 7.68. The Morgan fingerprint density at radius 2 is 1.55 bits per heavy atom. The van der Waals surface area contributed by atoms with Gasteiger partial charge in [-0.15, -0.1) is 0 Å². The quantitative estimate of drug-likeness (QED) is 0.656. The van der Waals surface area contributed by atoms with Gasteiger partial charge in [-0.1, -0.05) is 39.0 Å². The summed E-state index contributed by atoms with van der Waals surface area (Å²) in [6.07, 6.45) is 1.39. The SMILES string of the molecule is CC(C)(C)c1ccc(NC(=O)c2cc(C(=O)Nc3cccc(F)c3)ccn2)cc1. The van der Waals surface area contributed by atoms with Gasteiger partial charge in [-0.2, -0.15) is 0 Å². The van der Waals surface area contributed by atoms with Gasteiger partial charge in [0.25, 0.3) is 11.8 Å². The van der Waals surface area contributed by atoms with Gasteiger partial charge in [-0.25, -0.2) is 4.39 Å². The Balaban J connectivity index is 1.71. The predicted octanol–water partition coefficient (Wildman–Crippen LogP) is 5.02. The van der Waals surface area contributed by atoms with E-state index in [1.54, 1.807) is 6.07 Å². The van der Waals surface area contributed by atoms with Crippen LogP contribution < -0.4 is 10.6 Å². The van der Waals surface area contributed by atoms with E-state index in [4.69, 9.17) is 0 Å². The molecule has 0 aliphatic carbocycles. The van der Waals surface area contributed by atoms with Gasteiger partial charge < -0.3 is 10.6 Å². The van der Waals surface area contributed by atoms with E-state index in [1.807, 2.05) is 24.3 Å². The molecule has 0 atom stereocenters. The Morgan fingerprint density at radius 3 is 2.21 bits per heavy atom. The third-order valence-corrected chi connectivity index (χ3v) is 4.35. The molecule has 29 heavy (non-hydrogen) atoms. The van der Waals surface area contributed by atoms with Gasteiger partial charge in [0.1, 0.15) is 11.5 Å². The zero-order chi connectivity index (χ0) is 21.0. The number of carbonyl (C=O) groups is 2. The van der Waals surface area contributed by atoms with E-state index in [0.717, 1.165) is 5.56 Å². The Labute approximate surface area is 169 Å². The van der Waals surface area contributed by atoms with Gasteiger partial charge in [0.05, 0.1) is 0 Å². The number of halogens is 1. The highest BCUT2D eigenvalue weighted by atomic mass is 19.1. The highest BCUT2D eigenvalue weighted by molar-refractivity contribution is 6.07. The molecule has 3 rings (SSSR count). The minimum absolute atomic E-state index is 0.0213. The molecule has 0 spiro atoms. The van der Waals surface area contributed by atoms with E-state index in [2.05, 4.69) is 36.4 Å². The fourth-order valence-corrected chi connectivity index (χ4v) is 2.71. The maximum atomic E-state index is 13.3. The molecule has 2 amide bonds. The summed E-state index contributed by atoms with van der Waals surface area (Å²) in [5.74, 6) is -1.33.